The zero-order valence-electron chi connectivity index (χ0n) is 16.7. The van der Waals surface area contributed by atoms with Crippen molar-refractivity contribution in [2.24, 2.45) is 0 Å². The number of piperazine rings is 1. The summed E-state index contributed by atoms with van der Waals surface area (Å²) in [6.07, 6.45) is 0. The van der Waals surface area contributed by atoms with Gasteiger partial charge in [0.1, 0.15) is 6.54 Å². The summed E-state index contributed by atoms with van der Waals surface area (Å²) in [6.45, 7) is 7.89. The number of aryl methyl sites for hydroxylation is 1. The average molecular weight is 405 g/mol. The number of fused-ring (bicyclic) bond motifs is 3. The van der Waals surface area contributed by atoms with E-state index in [4.69, 9.17) is 0 Å². The van der Waals surface area contributed by atoms with Crippen LogP contribution >= 0.6 is 11.3 Å². The molecule has 2 aromatic heterocycles. The van der Waals surface area contributed by atoms with E-state index < -0.39 is 0 Å². The molecular formula is C24H26N3OS+. The third kappa shape index (κ3) is 3.34. The number of rotatable bonds is 4. The number of benzene rings is 2. The Balaban J connectivity index is 1.32. The molecule has 1 saturated heterocycles. The van der Waals surface area contributed by atoms with Crippen LogP contribution in [0.4, 0.5) is 0 Å². The summed E-state index contributed by atoms with van der Waals surface area (Å²) in [5.41, 5.74) is 4.01. The van der Waals surface area contributed by atoms with Crippen LogP contribution in [-0.2, 0) is 13.1 Å². The largest absolute Gasteiger partial charge is 0.341 e. The van der Waals surface area contributed by atoms with E-state index in [9.17, 15) is 4.79 Å². The van der Waals surface area contributed by atoms with Crippen LogP contribution in [0.1, 0.15) is 22.2 Å². The Morgan fingerprint density at radius 3 is 2.55 bits per heavy atom. The lowest BCUT2D eigenvalue weighted by molar-refractivity contribution is -0.917. The zero-order chi connectivity index (χ0) is 19.8. The molecule has 29 heavy (non-hydrogen) atoms. The van der Waals surface area contributed by atoms with E-state index in [1.54, 1.807) is 4.90 Å². The molecule has 1 aliphatic heterocycles. The standard InChI is InChI=1S/C24H25N3OS/c1-2-27-21-7-4-3-6-19(21)20-16-18(9-10-22(20)27)17-25-11-13-26(14-12-25)24(28)23-8-5-15-29-23/h3-10,15-16H,2,11-14,17H2,1H3/p+1. The van der Waals surface area contributed by atoms with Gasteiger partial charge in [0.15, 0.2) is 0 Å². The molecule has 4 aromatic rings. The van der Waals surface area contributed by atoms with Crippen LogP contribution in [0.3, 0.4) is 0 Å². The number of hydrogen-bond donors (Lipinski definition) is 1. The molecule has 4 nitrogen and oxygen atoms in total. The lowest BCUT2D eigenvalue weighted by Gasteiger charge is -2.32. The van der Waals surface area contributed by atoms with Crippen molar-refractivity contribution in [2.75, 3.05) is 26.2 Å². The second kappa shape index (κ2) is 7.65. The Kier molecular flexibility index (Phi) is 4.86. The molecule has 0 atom stereocenters. The molecule has 1 aliphatic rings. The van der Waals surface area contributed by atoms with Gasteiger partial charge in [-0.2, -0.15) is 0 Å². The molecule has 0 spiro atoms. The maximum atomic E-state index is 12.6. The van der Waals surface area contributed by atoms with Crippen LogP contribution in [0.2, 0.25) is 0 Å². The molecule has 0 radical (unpaired) electrons. The highest BCUT2D eigenvalue weighted by Crippen LogP contribution is 2.29. The van der Waals surface area contributed by atoms with E-state index in [1.165, 1.54) is 38.7 Å². The Morgan fingerprint density at radius 2 is 1.79 bits per heavy atom. The fourth-order valence-corrected chi connectivity index (χ4v) is 5.29. The maximum Gasteiger partial charge on any atom is 0.264 e. The van der Waals surface area contributed by atoms with Crippen molar-refractivity contribution >= 4 is 39.0 Å². The summed E-state index contributed by atoms with van der Waals surface area (Å²) >= 11 is 1.53. The Morgan fingerprint density at radius 1 is 1.00 bits per heavy atom. The predicted octanol–water partition coefficient (Wildman–Crippen LogP) is 3.42. The van der Waals surface area contributed by atoms with Gasteiger partial charge < -0.3 is 14.4 Å². The third-order valence-electron chi connectivity index (χ3n) is 6.10. The highest BCUT2D eigenvalue weighted by Gasteiger charge is 2.25. The van der Waals surface area contributed by atoms with Gasteiger partial charge >= 0.3 is 0 Å². The van der Waals surface area contributed by atoms with Crippen LogP contribution in [0, 0.1) is 0 Å². The SMILES string of the molecule is CCn1c2ccccc2c2cc(C[NH+]3CCN(C(=O)c4cccs4)CC3)ccc21. The van der Waals surface area contributed by atoms with Crippen molar-refractivity contribution < 1.29 is 9.69 Å². The minimum Gasteiger partial charge on any atom is -0.341 e. The Labute approximate surface area is 175 Å². The number of aromatic nitrogens is 1. The second-order valence-corrected chi connectivity index (χ2v) is 8.76. The van der Waals surface area contributed by atoms with Gasteiger partial charge in [-0.25, -0.2) is 0 Å². The number of amides is 1. The number of carbonyl (C=O) groups excluding carboxylic acids is 1. The van der Waals surface area contributed by atoms with Crippen LogP contribution in [-0.4, -0.2) is 41.6 Å². The fraction of sp³-hybridized carbons (Fsp3) is 0.292. The van der Waals surface area contributed by atoms with E-state index >= 15 is 0 Å². The molecule has 1 N–H and O–H groups in total. The van der Waals surface area contributed by atoms with Crippen molar-refractivity contribution in [1.29, 1.82) is 0 Å². The number of nitrogens with zero attached hydrogens (tertiary/aromatic N) is 2. The van der Waals surface area contributed by atoms with Crippen molar-refractivity contribution in [1.82, 2.24) is 9.47 Å². The second-order valence-electron chi connectivity index (χ2n) is 7.81. The number of nitrogens with one attached hydrogen (secondary N) is 1. The van der Waals surface area contributed by atoms with Gasteiger partial charge in [-0.15, -0.1) is 11.3 Å². The van der Waals surface area contributed by atoms with Gasteiger partial charge in [-0.05, 0) is 36.6 Å². The van der Waals surface area contributed by atoms with Gasteiger partial charge in [0.25, 0.3) is 5.91 Å². The van der Waals surface area contributed by atoms with Gasteiger partial charge in [0.05, 0.1) is 31.1 Å². The van der Waals surface area contributed by atoms with Gasteiger partial charge in [-0.1, -0.05) is 30.3 Å². The molecule has 148 valence electrons. The quantitative estimate of drug-likeness (QED) is 0.555. The molecule has 0 saturated carbocycles. The first-order chi connectivity index (χ1) is 14.2. The minimum atomic E-state index is 0.188. The van der Waals surface area contributed by atoms with Gasteiger partial charge in [0.2, 0.25) is 0 Å². The fourth-order valence-electron chi connectivity index (χ4n) is 4.60. The highest BCUT2D eigenvalue weighted by atomic mass is 32.1. The van der Waals surface area contributed by atoms with Gasteiger partial charge in [-0.3, -0.25) is 4.79 Å². The smallest absolute Gasteiger partial charge is 0.264 e. The maximum absolute atomic E-state index is 12.6. The molecule has 0 unspecified atom stereocenters. The van der Waals surface area contributed by atoms with Crippen LogP contribution < -0.4 is 4.90 Å². The predicted molar refractivity (Wildman–Crippen MR) is 120 cm³/mol. The lowest BCUT2D eigenvalue weighted by Crippen LogP contribution is -3.13. The van der Waals surface area contributed by atoms with E-state index in [0.29, 0.717) is 0 Å². The molecule has 0 bridgehead atoms. The molecular weight excluding hydrogens is 378 g/mol. The molecule has 5 heteroatoms. The monoisotopic (exact) mass is 404 g/mol. The average Bonchev–Trinajstić information content (AvgIpc) is 3.40. The van der Waals surface area contributed by atoms with Crippen LogP contribution in [0.15, 0.2) is 60.0 Å². The normalized spacial score (nSPS) is 15.4. The number of para-hydroxylation sites is 1. The first kappa shape index (κ1) is 18.4. The first-order valence-corrected chi connectivity index (χ1v) is 11.3. The molecule has 2 aromatic carbocycles. The number of carbonyl (C=O) groups is 1. The van der Waals surface area contributed by atoms with E-state index in [0.717, 1.165) is 44.1 Å². The molecule has 5 rings (SSSR count). The number of thiophene rings is 1. The summed E-state index contributed by atoms with van der Waals surface area (Å²) in [5, 5.41) is 4.67. The summed E-state index contributed by atoms with van der Waals surface area (Å²) in [7, 11) is 0. The highest BCUT2D eigenvalue weighted by molar-refractivity contribution is 7.12. The topological polar surface area (TPSA) is 29.7 Å². The number of hydrogen-bond acceptors (Lipinski definition) is 2. The molecule has 3 heterocycles. The summed E-state index contributed by atoms with van der Waals surface area (Å²) < 4.78 is 2.40. The van der Waals surface area contributed by atoms with Gasteiger partial charge in [0, 0.05) is 33.9 Å². The third-order valence-corrected chi connectivity index (χ3v) is 6.95. The minimum absolute atomic E-state index is 0.188. The Hall–Kier alpha value is -2.63. The van der Waals surface area contributed by atoms with E-state index in [-0.39, 0.29) is 5.91 Å². The lowest BCUT2D eigenvalue weighted by atomic mass is 10.1. The first-order valence-electron chi connectivity index (χ1n) is 10.4. The van der Waals surface area contributed by atoms with E-state index in [1.807, 2.05) is 22.4 Å². The van der Waals surface area contributed by atoms with Crippen LogP contribution in [0.25, 0.3) is 21.8 Å². The molecule has 0 aliphatic carbocycles. The van der Waals surface area contributed by atoms with Crippen LogP contribution in [0.5, 0.6) is 0 Å². The van der Waals surface area contributed by atoms with E-state index in [2.05, 4.69) is 54.0 Å². The summed E-state index contributed by atoms with van der Waals surface area (Å²) in [6, 6.07) is 19.5. The van der Waals surface area contributed by atoms with Crippen molar-refractivity contribution in [3.8, 4) is 0 Å². The summed E-state index contributed by atoms with van der Waals surface area (Å²) in [5.74, 6) is 0.188. The van der Waals surface area contributed by atoms with Crippen molar-refractivity contribution in [2.45, 2.75) is 20.0 Å². The molecule has 1 amide bonds. The Bertz CT molecular complexity index is 1150. The molecule has 1 fully saturated rings. The summed E-state index contributed by atoms with van der Waals surface area (Å²) in [4.78, 5) is 17.0. The zero-order valence-corrected chi connectivity index (χ0v) is 17.5. The number of quaternary nitrogens is 1. The van der Waals surface area contributed by atoms with Crippen molar-refractivity contribution in [3.05, 3.63) is 70.4 Å². The van der Waals surface area contributed by atoms with Crippen molar-refractivity contribution in [3.63, 3.8) is 0 Å².